The van der Waals surface area contributed by atoms with E-state index in [9.17, 15) is 9.59 Å². The lowest BCUT2D eigenvalue weighted by molar-refractivity contribution is -0.148. The molecule has 8 heteroatoms. The molecule has 1 aliphatic heterocycles. The van der Waals surface area contributed by atoms with Crippen molar-refractivity contribution in [2.75, 3.05) is 40.5 Å². The zero-order valence-corrected chi connectivity index (χ0v) is 18.8. The third kappa shape index (κ3) is 6.41. The fourth-order valence-corrected chi connectivity index (χ4v) is 4.07. The summed E-state index contributed by atoms with van der Waals surface area (Å²) in [6, 6.07) is 6.62. The molecule has 1 aromatic rings. The van der Waals surface area contributed by atoms with Crippen LogP contribution in [0.2, 0.25) is 0 Å². The SMILES string of the molecule is COCc1ccc([C@@H](C)N(C(=O)[C@H]2CNCCO2)C2CC2)cc1CCCNC(=O)OC. The molecular formula is C23H35N3O5. The first kappa shape index (κ1) is 23.5. The highest BCUT2D eigenvalue weighted by molar-refractivity contribution is 5.82. The Morgan fingerprint density at radius 2 is 2.10 bits per heavy atom. The predicted molar refractivity (Wildman–Crippen MR) is 117 cm³/mol. The summed E-state index contributed by atoms with van der Waals surface area (Å²) < 4.78 is 15.7. The molecule has 2 aliphatic rings. The fourth-order valence-electron chi connectivity index (χ4n) is 4.07. The van der Waals surface area contributed by atoms with Crippen LogP contribution in [0, 0.1) is 0 Å². The summed E-state index contributed by atoms with van der Waals surface area (Å²) >= 11 is 0. The van der Waals surface area contributed by atoms with Gasteiger partial charge in [0, 0.05) is 32.8 Å². The van der Waals surface area contributed by atoms with Crippen molar-refractivity contribution in [1.29, 1.82) is 0 Å². The summed E-state index contributed by atoms with van der Waals surface area (Å²) in [6.07, 6.45) is 2.85. The van der Waals surface area contributed by atoms with Crippen LogP contribution in [0.25, 0.3) is 0 Å². The van der Waals surface area contributed by atoms with Crippen LogP contribution in [0.5, 0.6) is 0 Å². The van der Waals surface area contributed by atoms with Crippen molar-refractivity contribution in [2.24, 2.45) is 0 Å². The molecule has 2 amide bonds. The second kappa shape index (κ2) is 11.5. The van der Waals surface area contributed by atoms with Crippen molar-refractivity contribution in [2.45, 2.75) is 57.4 Å². The lowest BCUT2D eigenvalue weighted by atomic mass is 9.96. The molecule has 0 bridgehead atoms. The van der Waals surface area contributed by atoms with Gasteiger partial charge in [-0.15, -0.1) is 0 Å². The van der Waals surface area contributed by atoms with E-state index < -0.39 is 12.2 Å². The van der Waals surface area contributed by atoms with Gasteiger partial charge in [-0.2, -0.15) is 0 Å². The molecule has 0 radical (unpaired) electrons. The van der Waals surface area contributed by atoms with Crippen molar-refractivity contribution in [3.63, 3.8) is 0 Å². The Morgan fingerprint density at radius 1 is 1.29 bits per heavy atom. The second-order valence-electron chi connectivity index (χ2n) is 8.20. The average Bonchev–Trinajstić information content (AvgIpc) is 3.63. The van der Waals surface area contributed by atoms with Crippen molar-refractivity contribution in [3.05, 3.63) is 34.9 Å². The summed E-state index contributed by atoms with van der Waals surface area (Å²) in [5.41, 5.74) is 3.41. The van der Waals surface area contributed by atoms with E-state index in [1.807, 2.05) is 4.90 Å². The Kier molecular flexibility index (Phi) is 8.69. The summed E-state index contributed by atoms with van der Waals surface area (Å²) in [5.74, 6) is 0.0759. The number of ether oxygens (including phenoxy) is 3. The van der Waals surface area contributed by atoms with Crippen LogP contribution >= 0.6 is 0 Å². The Hall–Kier alpha value is -2.16. The topological polar surface area (TPSA) is 89.1 Å². The molecule has 1 aromatic carbocycles. The maximum absolute atomic E-state index is 13.2. The highest BCUT2D eigenvalue weighted by Crippen LogP contribution is 2.36. The van der Waals surface area contributed by atoms with Gasteiger partial charge in [-0.05, 0) is 49.3 Å². The molecule has 3 rings (SSSR count). The van der Waals surface area contributed by atoms with E-state index in [2.05, 4.69) is 40.5 Å². The number of alkyl carbamates (subject to hydrolysis) is 1. The first-order chi connectivity index (χ1) is 15.0. The second-order valence-corrected chi connectivity index (χ2v) is 8.20. The van der Waals surface area contributed by atoms with Crippen molar-refractivity contribution < 1.29 is 23.8 Å². The molecule has 0 spiro atoms. The number of carbonyl (C=O) groups is 2. The Balaban J connectivity index is 1.72. The molecule has 1 heterocycles. The predicted octanol–water partition coefficient (Wildman–Crippen LogP) is 2.16. The Labute approximate surface area is 184 Å². The third-order valence-electron chi connectivity index (χ3n) is 5.91. The minimum atomic E-state index is -0.419. The minimum Gasteiger partial charge on any atom is -0.453 e. The van der Waals surface area contributed by atoms with E-state index in [0.717, 1.165) is 43.4 Å². The van der Waals surface area contributed by atoms with Crippen LogP contribution in [-0.2, 0) is 32.0 Å². The summed E-state index contributed by atoms with van der Waals surface area (Å²) in [5, 5.41) is 5.97. The van der Waals surface area contributed by atoms with Gasteiger partial charge in [-0.3, -0.25) is 4.79 Å². The van der Waals surface area contributed by atoms with E-state index >= 15 is 0 Å². The van der Waals surface area contributed by atoms with Crippen LogP contribution < -0.4 is 10.6 Å². The van der Waals surface area contributed by atoms with Gasteiger partial charge in [0.25, 0.3) is 5.91 Å². The van der Waals surface area contributed by atoms with Gasteiger partial charge in [-0.25, -0.2) is 4.79 Å². The smallest absolute Gasteiger partial charge is 0.406 e. The molecule has 8 nitrogen and oxygen atoms in total. The molecule has 2 atom stereocenters. The summed E-state index contributed by atoms with van der Waals surface area (Å²) in [4.78, 5) is 26.5. The minimum absolute atomic E-state index is 0.0333. The molecule has 31 heavy (non-hydrogen) atoms. The molecule has 2 fully saturated rings. The number of rotatable bonds is 10. The van der Waals surface area contributed by atoms with Gasteiger partial charge in [0.05, 0.1) is 26.4 Å². The van der Waals surface area contributed by atoms with E-state index in [4.69, 9.17) is 9.47 Å². The monoisotopic (exact) mass is 433 g/mol. The first-order valence-corrected chi connectivity index (χ1v) is 11.1. The van der Waals surface area contributed by atoms with Crippen molar-refractivity contribution in [3.8, 4) is 0 Å². The highest BCUT2D eigenvalue weighted by Gasteiger charge is 2.39. The number of benzene rings is 1. The number of hydrogen-bond donors (Lipinski definition) is 2. The number of hydrogen-bond acceptors (Lipinski definition) is 6. The van der Waals surface area contributed by atoms with E-state index in [1.165, 1.54) is 12.7 Å². The summed E-state index contributed by atoms with van der Waals surface area (Å²) in [7, 11) is 3.04. The number of morpholine rings is 1. The van der Waals surface area contributed by atoms with Crippen LogP contribution in [0.15, 0.2) is 18.2 Å². The van der Waals surface area contributed by atoms with Crippen LogP contribution in [0.4, 0.5) is 4.79 Å². The maximum atomic E-state index is 13.2. The molecule has 0 aromatic heterocycles. The van der Waals surface area contributed by atoms with Gasteiger partial charge < -0.3 is 29.7 Å². The number of amides is 2. The average molecular weight is 434 g/mol. The van der Waals surface area contributed by atoms with Gasteiger partial charge in [0.15, 0.2) is 0 Å². The number of aryl methyl sites for hydroxylation is 1. The first-order valence-electron chi connectivity index (χ1n) is 11.1. The quantitative estimate of drug-likeness (QED) is 0.550. The van der Waals surface area contributed by atoms with Gasteiger partial charge >= 0.3 is 6.09 Å². The number of carbonyl (C=O) groups excluding carboxylic acids is 2. The Bertz CT molecular complexity index is 747. The molecule has 0 unspecified atom stereocenters. The number of nitrogens with zero attached hydrogens (tertiary/aromatic N) is 1. The van der Waals surface area contributed by atoms with Gasteiger partial charge in [0.2, 0.25) is 0 Å². The lowest BCUT2D eigenvalue weighted by Crippen LogP contribution is -2.50. The van der Waals surface area contributed by atoms with Gasteiger partial charge in [-0.1, -0.05) is 18.2 Å². The van der Waals surface area contributed by atoms with Gasteiger partial charge in [0.1, 0.15) is 6.10 Å². The maximum Gasteiger partial charge on any atom is 0.406 e. The Morgan fingerprint density at radius 3 is 2.74 bits per heavy atom. The molecule has 1 aliphatic carbocycles. The van der Waals surface area contributed by atoms with Crippen LogP contribution in [0.1, 0.15) is 48.9 Å². The number of methoxy groups -OCH3 is 2. The molecule has 1 saturated heterocycles. The third-order valence-corrected chi connectivity index (χ3v) is 5.91. The lowest BCUT2D eigenvalue weighted by Gasteiger charge is -2.34. The van der Waals surface area contributed by atoms with E-state index in [-0.39, 0.29) is 11.9 Å². The standard InChI is InChI=1S/C23H35N3O5/c1-16(26(20-8-9-20)22(27)21-14-24-11-12-31-21)17-6-7-19(15-29-2)18(13-17)5-4-10-25-23(28)30-3/h6-7,13,16,20-21,24H,4-5,8-12,14-15H2,1-3H3,(H,25,28)/t16-,21-/m1/s1. The zero-order valence-electron chi connectivity index (χ0n) is 18.8. The fraction of sp³-hybridized carbons (Fsp3) is 0.652. The van der Waals surface area contributed by atoms with Crippen molar-refractivity contribution in [1.82, 2.24) is 15.5 Å². The summed E-state index contributed by atoms with van der Waals surface area (Å²) in [6.45, 7) is 5.09. The van der Waals surface area contributed by atoms with E-state index in [0.29, 0.717) is 32.3 Å². The molecule has 2 N–H and O–H groups in total. The van der Waals surface area contributed by atoms with E-state index in [1.54, 1.807) is 7.11 Å². The number of nitrogens with one attached hydrogen (secondary N) is 2. The molecule has 172 valence electrons. The normalized spacial score (nSPS) is 19.5. The largest absolute Gasteiger partial charge is 0.453 e. The zero-order chi connectivity index (χ0) is 22.2. The van der Waals surface area contributed by atoms with Crippen LogP contribution in [0.3, 0.4) is 0 Å². The highest BCUT2D eigenvalue weighted by atomic mass is 16.5. The molecular weight excluding hydrogens is 398 g/mol. The van der Waals surface area contributed by atoms with Crippen LogP contribution in [-0.4, -0.2) is 69.5 Å². The van der Waals surface area contributed by atoms with Crippen molar-refractivity contribution >= 4 is 12.0 Å². The molecule has 1 saturated carbocycles.